The summed E-state index contributed by atoms with van der Waals surface area (Å²) < 4.78 is 11.3. The number of aliphatic hydroxyl groups excluding tert-OH is 1. The summed E-state index contributed by atoms with van der Waals surface area (Å²) >= 11 is 0. The second-order valence-corrected chi connectivity index (χ2v) is 7.03. The smallest absolute Gasteiger partial charge is 0.159 e. The third-order valence-electron chi connectivity index (χ3n) is 3.37. The maximum absolute atomic E-state index is 11.6. The quantitative estimate of drug-likeness (QED) is 0.507. The highest BCUT2D eigenvalue weighted by molar-refractivity contribution is 5.94. The molecule has 1 atom stereocenters. The normalized spacial score (nSPS) is 12.9. The molecule has 0 aliphatic carbocycles. The average molecular weight is 337 g/mol. The van der Waals surface area contributed by atoms with E-state index in [1.807, 2.05) is 27.7 Å². The number of hydrogen-bond donors (Lipinski definition) is 2. The van der Waals surface area contributed by atoms with E-state index in [0.29, 0.717) is 31.1 Å². The Hall–Kier alpha value is -1.43. The van der Waals surface area contributed by atoms with Crippen molar-refractivity contribution in [3.05, 3.63) is 29.3 Å². The predicted molar refractivity (Wildman–Crippen MR) is 95.7 cm³/mol. The van der Waals surface area contributed by atoms with Gasteiger partial charge in [0.05, 0.1) is 6.61 Å². The molecule has 5 heteroatoms. The van der Waals surface area contributed by atoms with Crippen LogP contribution in [-0.2, 0) is 11.3 Å². The fourth-order valence-corrected chi connectivity index (χ4v) is 2.05. The Bertz CT molecular complexity index is 523. The van der Waals surface area contributed by atoms with E-state index in [-0.39, 0.29) is 17.9 Å². The van der Waals surface area contributed by atoms with Gasteiger partial charge in [-0.2, -0.15) is 0 Å². The summed E-state index contributed by atoms with van der Waals surface area (Å²) in [5.41, 5.74) is 1.41. The molecule has 0 saturated heterocycles. The Morgan fingerprint density at radius 1 is 1.33 bits per heavy atom. The van der Waals surface area contributed by atoms with Gasteiger partial charge in [-0.1, -0.05) is 6.92 Å². The first kappa shape index (κ1) is 20.6. The summed E-state index contributed by atoms with van der Waals surface area (Å²) in [5.74, 6) is 0.651. The van der Waals surface area contributed by atoms with Crippen LogP contribution in [-0.4, -0.2) is 42.3 Å². The number of ether oxygens (including phenoxy) is 2. The SMILES string of the molecule is CCCOCc1cc(C(C)=O)ccc1OCC(O)CNC(C)(C)C. The number of carbonyl (C=O) groups is 1. The van der Waals surface area contributed by atoms with Crippen LogP contribution < -0.4 is 10.1 Å². The predicted octanol–water partition coefficient (Wildman–Crippen LogP) is 2.94. The molecule has 0 aromatic heterocycles. The summed E-state index contributed by atoms with van der Waals surface area (Å²) in [7, 11) is 0. The van der Waals surface area contributed by atoms with Crippen molar-refractivity contribution in [2.24, 2.45) is 0 Å². The molecule has 0 aliphatic rings. The van der Waals surface area contributed by atoms with Gasteiger partial charge in [0.2, 0.25) is 0 Å². The maximum atomic E-state index is 11.6. The van der Waals surface area contributed by atoms with Crippen molar-refractivity contribution in [1.82, 2.24) is 5.32 Å². The van der Waals surface area contributed by atoms with E-state index in [4.69, 9.17) is 9.47 Å². The molecule has 1 aromatic carbocycles. The van der Waals surface area contributed by atoms with Crippen molar-refractivity contribution >= 4 is 5.78 Å². The van der Waals surface area contributed by atoms with Gasteiger partial charge in [-0.15, -0.1) is 0 Å². The van der Waals surface area contributed by atoms with E-state index in [9.17, 15) is 9.90 Å². The van der Waals surface area contributed by atoms with Gasteiger partial charge in [0.15, 0.2) is 5.78 Å². The molecule has 0 heterocycles. The van der Waals surface area contributed by atoms with E-state index in [2.05, 4.69) is 5.32 Å². The van der Waals surface area contributed by atoms with Crippen LogP contribution >= 0.6 is 0 Å². The first-order valence-corrected chi connectivity index (χ1v) is 8.50. The number of Topliss-reactive ketones (excluding diaryl/α,β-unsaturated/α-hetero) is 1. The molecule has 0 radical (unpaired) electrons. The lowest BCUT2D eigenvalue weighted by Crippen LogP contribution is -2.42. The van der Waals surface area contributed by atoms with Crippen LogP contribution in [0, 0.1) is 0 Å². The van der Waals surface area contributed by atoms with Crippen LogP contribution in [0.1, 0.15) is 57.0 Å². The zero-order valence-corrected chi connectivity index (χ0v) is 15.5. The number of hydrogen-bond acceptors (Lipinski definition) is 5. The van der Waals surface area contributed by atoms with Crippen molar-refractivity contribution in [3.8, 4) is 5.75 Å². The van der Waals surface area contributed by atoms with Gasteiger partial charge in [0.1, 0.15) is 18.5 Å². The fraction of sp³-hybridized carbons (Fsp3) is 0.632. The summed E-state index contributed by atoms with van der Waals surface area (Å²) in [5, 5.41) is 13.3. The molecular weight excluding hydrogens is 306 g/mol. The van der Waals surface area contributed by atoms with E-state index in [1.54, 1.807) is 18.2 Å². The van der Waals surface area contributed by atoms with Crippen molar-refractivity contribution in [1.29, 1.82) is 0 Å². The van der Waals surface area contributed by atoms with Crippen LogP contribution in [0.25, 0.3) is 0 Å². The standard InChI is InChI=1S/C19H31NO4/c1-6-9-23-12-16-10-15(14(2)21)7-8-18(16)24-13-17(22)11-20-19(3,4)5/h7-8,10,17,20,22H,6,9,11-13H2,1-5H3. The lowest BCUT2D eigenvalue weighted by molar-refractivity contribution is 0.0935. The van der Waals surface area contributed by atoms with E-state index in [1.165, 1.54) is 6.92 Å². The van der Waals surface area contributed by atoms with Crippen LogP contribution in [0.4, 0.5) is 0 Å². The highest BCUT2D eigenvalue weighted by Gasteiger charge is 2.14. The zero-order valence-electron chi connectivity index (χ0n) is 15.5. The van der Waals surface area contributed by atoms with E-state index < -0.39 is 6.10 Å². The molecule has 5 nitrogen and oxygen atoms in total. The van der Waals surface area contributed by atoms with Gasteiger partial charge in [0.25, 0.3) is 0 Å². The van der Waals surface area contributed by atoms with E-state index >= 15 is 0 Å². The average Bonchev–Trinajstić information content (AvgIpc) is 2.51. The topological polar surface area (TPSA) is 67.8 Å². The second-order valence-electron chi connectivity index (χ2n) is 7.03. The minimum Gasteiger partial charge on any atom is -0.490 e. The van der Waals surface area contributed by atoms with Crippen molar-refractivity contribution in [3.63, 3.8) is 0 Å². The molecule has 0 saturated carbocycles. The number of rotatable bonds is 10. The third-order valence-corrected chi connectivity index (χ3v) is 3.37. The lowest BCUT2D eigenvalue weighted by Gasteiger charge is -2.23. The molecule has 0 aliphatic heterocycles. The minimum absolute atomic E-state index is 0.00713. The van der Waals surface area contributed by atoms with Crippen LogP contribution in [0.15, 0.2) is 18.2 Å². The van der Waals surface area contributed by atoms with Crippen molar-refractivity contribution in [2.75, 3.05) is 19.8 Å². The first-order valence-electron chi connectivity index (χ1n) is 8.50. The highest BCUT2D eigenvalue weighted by Crippen LogP contribution is 2.22. The Morgan fingerprint density at radius 3 is 2.62 bits per heavy atom. The molecule has 0 fully saturated rings. The molecule has 1 unspecified atom stereocenters. The van der Waals surface area contributed by atoms with Gasteiger partial charge in [-0.3, -0.25) is 4.79 Å². The van der Waals surface area contributed by atoms with Gasteiger partial charge < -0.3 is 19.9 Å². The molecule has 0 spiro atoms. The molecule has 0 bridgehead atoms. The Labute approximate surface area is 145 Å². The zero-order chi connectivity index (χ0) is 18.2. The summed E-state index contributed by atoms with van der Waals surface area (Å²) in [4.78, 5) is 11.6. The minimum atomic E-state index is -0.610. The fourth-order valence-electron chi connectivity index (χ4n) is 2.05. The molecule has 2 N–H and O–H groups in total. The monoisotopic (exact) mass is 337 g/mol. The number of ketones is 1. The molecule has 136 valence electrons. The van der Waals surface area contributed by atoms with Crippen molar-refractivity contribution < 1.29 is 19.4 Å². The Kier molecular flexibility index (Phi) is 8.39. The first-order chi connectivity index (χ1) is 11.2. The van der Waals surface area contributed by atoms with Crippen LogP contribution in [0.3, 0.4) is 0 Å². The van der Waals surface area contributed by atoms with Crippen molar-refractivity contribution in [2.45, 2.75) is 59.3 Å². The Morgan fingerprint density at radius 2 is 2.04 bits per heavy atom. The largest absolute Gasteiger partial charge is 0.490 e. The maximum Gasteiger partial charge on any atom is 0.159 e. The van der Waals surface area contributed by atoms with Gasteiger partial charge in [0, 0.05) is 29.8 Å². The molecule has 1 rings (SSSR count). The molecule has 1 aromatic rings. The number of carbonyl (C=O) groups excluding carboxylic acids is 1. The number of β-amino-alcohol motifs (C(OH)–C–C–N with tert-alkyl or cyclic N) is 1. The molecule has 0 amide bonds. The van der Waals surface area contributed by atoms with Crippen LogP contribution in [0.5, 0.6) is 5.75 Å². The van der Waals surface area contributed by atoms with E-state index in [0.717, 1.165) is 12.0 Å². The van der Waals surface area contributed by atoms with Gasteiger partial charge in [-0.05, 0) is 52.3 Å². The number of aliphatic hydroxyl groups is 1. The number of nitrogens with one attached hydrogen (secondary N) is 1. The summed E-state index contributed by atoms with van der Waals surface area (Å²) in [6.45, 7) is 11.4. The Balaban J connectivity index is 2.69. The second kappa shape index (κ2) is 9.77. The molecular formula is C19H31NO4. The summed E-state index contributed by atoms with van der Waals surface area (Å²) in [6.07, 6.45) is 0.320. The summed E-state index contributed by atoms with van der Waals surface area (Å²) in [6, 6.07) is 5.30. The van der Waals surface area contributed by atoms with Crippen LogP contribution in [0.2, 0.25) is 0 Å². The number of benzene rings is 1. The van der Waals surface area contributed by atoms with Gasteiger partial charge in [-0.25, -0.2) is 0 Å². The lowest BCUT2D eigenvalue weighted by atomic mass is 10.1. The highest BCUT2D eigenvalue weighted by atomic mass is 16.5. The van der Waals surface area contributed by atoms with Gasteiger partial charge >= 0.3 is 0 Å². The molecule has 24 heavy (non-hydrogen) atoms. The third kappa shape index (κ3) is 7.90.